The number of aliphatic carboxylic acids is 1. The number of nitrogens with zero attached hydrogens (tertiary/aromatic N) is 2. The number of nitrogens with one attached hydrogen (secondary N) is 2. The Morgan fingerprint density at radius 2 is 1.87 bits per heavy atom. The van der Waals surface area contributed by atoms with Crippen molar-refractivity contribution in [2.75, 3.05) is 0 Å². The summed E-state index contributed by atoms with van der Waals surface area (Å²) in [7, 11) is 0. The largest absolute Gasteiger partial charge is 0.494 e. The Morgan fingerprint density at radius 3 is 2.61 bits per heavy atom. The van der Waals surface area contributed by atoms with Crippen LogP contribution >= 0.6 is 12.2 Å². The van der Waals surface area contributed by atoms with E-state index in [9.17, 15) is 19.8 Å². The molecule has 0 unspecified atom stereocenters. The summed E-state index contributed by atoms with van der Waals surface area (Å²) in [5.74, 6) is -1.56. The minimum atomic E-state index is -1.15. The van der Waals surface area contributed by atoms with Gasteiger partial charge in [-0.05, 0) is 36.0 Å². The molecule has 2 heterocycles. The third kappa shape index (κ3) is 4.03. The number of H-pyrrole nitrogens is 2. The molecular weight excluding hydrogens is 416 g/mol. The molecule has 8 nitrogen and oxygen atoms in total. The summed E-state index contributed by atoms with van der Waals surface area (Å²) in [6.45, 7) is 0. The van der Waals surface area contributed by atoms with Crippen molar-refractivity contribution < 1.29 is 15.0 Å². The normalized spacial score (nSPS) is 12.4. The van der Waals surface area contributed by atoms with E-state index in [1.54, 1.807) is 36.5 Å². The number of hydrogen-bond acceptors (Lipinski definition) is 5. The van der Waals surface area contributed by atoms with Crippen molar-refractivity contribution in [2.24, 2.45) is 4.99 Å². The van der Waals surface area contributed by atoms with E-state index in [2.05, 4.69) is 15.0 Å². The number of rotatable bonds is 6. The van der Waals surface area contributed by atoms with Crippen LogP contribution in [0.3, 0.4) is 0 Å². The van der Waals surface area contributed by atoms with Crippen molar-refractivity contribution in [1.29, 1.82) is 0 Å². The van der Waals surface area contributed by atoms with Crippen LogP contribution in [0.4, 0.5) is 0 Å². The number of carboxylic acid groups (broad SMARTS) is 1. The maximum atomic E-state index is 12.4. The molecule has 0 radical (unpaired) electrons. The van der Waals surface area contributed by atoms with Crippen LogP contribution in [-0.2, 0) is 11.2 Å². The summed E-state index contributed by atoms with van der Waals surface area (Å²) < 4.78 is 1.30. The summed E-state index contributed by atoms with van der Waals surface area (Å²) in [4.78, 5) is 33.9. The van der Waals surface area contributed by atoms with Gasteiger partial charge in [-0.15, -0.1) is 0 Å². The topological polar surface area (TPSA) is 123 Å². The van der Waals surface area contributed by atoms with Gasteiger partial charge in [-0.1, -0.05) is 36.4 Å². The number of fused-ring (bicyclic) bond motifs is 1. The Kier molecular flexibility index (Phi) is 5.50. The number of aliphatic imine (C=N–C) groups is 1. The average Bonchev–Trinajstić information content (AvgIpc) is 3.16. The van der Waals surface area contributed by atoms with Gasteiger partial charge in [0.25, 0.3) is 5.56 Å². The lowest BCUT2D eigenvalue weighted by Crippen LogP contribution is -2.23. The van der Waals surface area contributed by atoms with Crippen LogP contribution in [0.25, 0.3) is 16.6 Å². The van der Waals surface area contributed by atoms with Crippen molar-refractivity contribution in [2.45, 2.75) is 12.5 Å². The van der Waals surface area contributed by atoms with Gasteiger partial charge in [-0.3, -0.25) is 19.3 Å². The molecule has 0 saturated heterocycles. The lowest BCUT2D eigenvalue weighted by atomic mass is 10.1. The van der Waals surface area contributed by atoms with Crippen LogP contribution in [0, 0.1) is 4.77 Å². The molecule has 0 saturated carbocycles. The fraction of sp³-hybridized carbons (Fsp3) is 0.0909. The van der Waals surface area contributed by atoms with Gasteiger partial charge in [-0.2, -0.15) is 0 Å². The van der Waals surface area contributed by atoms with Crippen molar-refractivity contribution in [3.05, 3.63) is 87.0 Å². The number of carboxylic acids is 1. The molecule has 2 aromatic heterocycles. The number of aromatic nitrogens is 3. The van der Waals surface area contributed by atoms with Gasteiger partial charge < -0.3 is 15.2 Å². The van der Waals surface area contributed by atoms with E-state index in [0.29, 0.717) is 5.69 Å². The molecule has 4 rings (SSSR count). The van der Waals surface area contributed by atoms with Crippen molar-refractivity contribution in [3.63, 3.8) is 0 Å². The third-order valence-electron chi connectivity index (χ3n) is 4.89. The minimum Gasteiger partial charge on any atom is -0.494 e. The first kappa shape index (κ1) is 20.3. The number of carbonyl (C=O) groups is 1. The van der Waals surface area contributed by atoms with Crippen molar-refractivity contribution >= 4 is 35.3 Å². The third-order valence-corrected chi connectivity index (χ3v) is 5.18. The van der Waals surface area contributed by atoms with E-state index < -0.39 is 23.5 Å². The molecule has 0 aliphatic rings. The van der Waals surface area contributed by atoms with Gasteiger partial charge in [0, 0.05) is 29.7 Å². The number of para-hydroxylation sites is 2. The van der Waals surface area contributed by atoms with E-state index >= 15 is 0 Å². The monoisotopic (exact) mass is 434 g/mol. The second-order valence-electron chi connectivity index (χ2n) is 6.86. The second kappa shape index (κ2) is 8.41. The predicted molar refractivity (Wildman–Crippen MR) is 120 cm³/mol. The molecule has 31 heavy (non-hydrogen) atoms. The minimum absolute atomic E-state index is 0.0134. The molecule has 0 aliphatic heterocycles. The van der Waals surface area contributed by atoms with E-state index in [1.165, 1.54) is 4.57 Å². The number of benzene rings is 2. The molecule has 0 amide bonds. The zero-order valence-electron chi connectivity index (χ0n) is 16.1. The van der Waals surface area contributed by atoms with Crippen molar-refractivity contribution in [3.8, 4) is 11.6 Å². The highest BCUT2D eigenvalue weighted by atomic mass is 32.1. The zero-order valence-corrected chi connectivity index (χ0v) is 17.0. The van der Waals surface area contributed by atoms with Crippen LogP contribution in [0.1, 0.15) is 11.1 Å². The fourth-order valence-corrected chi connectivity index (χ4v) is 3.63. The molecule has 0 aliphatic carbocycles. The Bertz CT molecular complexity index is 1400. The lowest BCUT2D eigenvalue weighted by molar-refractivity contribution is -0.138. The van der Waals surface area contributed by atoms with E-state index in [4.69, 9.17) is 12.2 Å². The molecule has 156 valence electrons. The fourth-order valence-electron chi connectivity index (χ4n) is 3.35. The van der Waals surface area contributed by atoms with Crippen LogP contribution in [0.5, 0.6) is 5.88 Å². The molecule has 0 bridgehead atoms. The first-order valence-corrected chi connectivity index (χ1v) is 9.81. The Morgan fingerprint density at radius 1 is 1.16 bits per heavy atom. The average molecular weight is 434 g/mol. The Hall–Kier alpha value is -3.98. The molecule has 0 spiro atoms. The van der Waals surface area contributed by atoms with Crippen LogP contribution < -0.4 is 5.56 Å². The van der Waals surface area contributed by atoms with Crippen LogP contribution in [-0.4, -0.2) is 43.0 Å². The Balaban J connectivity index is 1.71. The summed E-state index contributed by atoms with van der Waals surface area (Å²) in [6.07, 6.45) is 2.94. The quantitative estimate of drug-likeness (QED) is 0.274. The van der Waals surface area contributed by atoms with Gasteiger partial charge in [0.1, 0.15) is 5.56 Å². The maximum absolute atomic E-state index is 12.4. The highest BCUT2D eigenvalue weighted by Gasteiger charge is 2.19. The maximum Gasteiger partial charge on any atom is 0.328 e. The van der Waals surface area contributed by atoms with Crippen molar-refractivity contribution in [1.82, 2.24) is 14.5 Å². The molecule has 0 fully saturated rings. The van der Waals surface area contributed by atoms with Gasteiger partial charge in [0.05, 0.1) is 5.69 Å². The van der Waals surface area contributed by atoms with Gasteiger partial charge in [0.2, 0.25) is 5.88 Å². The number of hydrogen-bond donors (Lipinski definition) is 4. The molecule has 1 atom stereocenters. The standard InChI is InChI=1S/C22H18N4O4S/c27-19-16(20(28)26(22(31)25-19)14-6-2-1-3-7-14)12-24-18(21(29)30)10-13-11-23-17-9-5-4-8-15(13)17/h1-9,11-12,18,23,28H,10H2,(H,29,30)(H,25,27,31)/t18-/m1/s1. The molecule has 4 N–H and O–H groups in total. The Labute approximate surface area is 181 Å². The first-order valence-electron chi connectivity index (χ1n) is 9.40. The highest BCUT2D eigenvalue weighted by Crippen LogP contribution is 2.21. The molecular formula is C22H18N4O4S. The number of aromatic hydroxyl groups is 1. The van der Waals surface area contributed by atoms with Crippen LogP contribution in [0.15, 0.2) is 70.6 Å². The van der Waals surface area contributed by atoms with E-state index in [-0.39, 0.29) is 16.8 Å². The molecule has 9 heteroatoms. The smallest absolute Gasteiger partial charge is 0.328 e. The first-order chi connectivity index (χ1) is 15.0. The van der Waals surface area contributed by atoms with E-state index in [1.807, 2.05) is 24.3 Å². The molecule has 4 aromatic rings. The summed E-state index contributed by atoms with van der Waals surface area (Å²) in [5.41, 5.74) is 1.39. The van der Waals surface area contributed by atoms with E-state index in [0.717, 1.165) is 22.7 Å². The van der Waals surface area contributed by atoms with Gasteiger partial charge >= 0.3 is 5.97 Å². The highest BCUT2D eigenvalue weighted by molar-refractivity contribution is 7.71. The summed E-state index contributed by atoms with van der Waals surface area (Å²) >= 11 is 5.17. The zero-order chi connectivity index (χ0) is 22.0. The predicted octanol–water partition coefficient (Wildman–Crippen LogP) is 3.20. The summed E-state index contributed by atoms with van der Waals surface area (Å²) in [5, 5.41) is 21.2. The van der Waals surface area contributed by atoms with Crippen LogP contribution in [0.2, 0.25) is 0 Å². The second-order valence-corrected chi connectivity index (χ2v) is 7.25. The summed E-state index contributed by atoms with van der Waals surface area (Å²) in [6, 6.07) is 15.2. The lowest BCUT2D eigenvalue weighted by Gasteiger charge is -2.11. The number of aromatic amines is 2. The van der Waals surface area contributed by atoms with Gasteiger partial charge in [-0.25, -0.2) is 4.79 Å². The van der Waals surface area contributed by atoms with Gasteiger partial charge in [0.15, 0.2) is 10.8 Å². The SMILES string of the molecule is O=C(O)[C@@H](Cc1c[nH]c2ccccc12)N=Cc1c(O)n(-c2ccccc2)c(=S)[nH]c1=O. The molecule has 2 aromatic carbocycles.